The third kappa shape index (κ3) is 3.76. The van der Waals surface area contributed by atoms with Crippen molar-refractivity contribution in [3.05, 3.63) is 29.8 Å². The number of nitrogens with one attached hydrogen (secondary N) is 1. The van der Waals surface area contributed by atoms with Crippen LogP contribution in [0.15, 0.2) is 24.3 Å². The van der Waals surface area contributed by atoms with Gasteiger partial charge in [0, 0.05) is 30.7 Å². The first-order valence-electron chi connectivity index (χ1n) is 8.03. The van der Waals surface area contributed by atoms with E-state index in [1.807, 2.05) is 0 Å². The predicted molar refractivity (Wildman–Crippen MR) is 87.3 cm³/mol. The fraction of sp³-hybridized carbons (Fsp3) is 0.588. The fourth-order valence-electron chi connectivity index (χ4n) is 3.20. The van der Waals surface area contributed by atoms with Crippen LogP contribution in [0.3, 0.4) is 0 Å². The van der Waals surface area contributed by atoms with Crippen LogP contribution >= 0.6 is 0 Å². The lowest BCUT2D eigenvalue weighted by atomic mass is 9.94. The molecule has 116 valence electrons. The molecule has 1 unspecified atom stereocenters. The number of rotatable bonds is 6. The van der Waals surface area contributed by atoms with Gasteiger partial charge in [0.25, 0.3) is 0 Å². The van der Waals surface area contributed by atoms with Gasteiger partial charge in [0.2, 0.25) is 5.91 Å². The van der Waals surface area contributed by atoms with Crippen LogP contribution in [0.2, 0.25) is 0 Å². The zero-order valence-electron chi connectivity index (χ0n) is 13.1. The summed E-state index contributed by atoms with van der Waals surface area (Å²) in [6.45, 7) is 7.14. The molecule has 1 aliphatic heterocycles. The molecule has 1 aliphatic rings. The minimum Gasteiger partial charge on any atom is -0.371 e. The Kier molecular flexibility index (Phi) is 5.62. The molecule has 4 nitrogen and oxygen atoms in total. The second-order valence-electron chi connectivity index (χ2n) is 5.74. The van der Waals surface area contributed by atoms with Gasteiger partial charge in [-0.15, -0.1) is 0 Å². The average molecular weight is 289 g/mol. The quantitative estimate of drug-likeness (QED) is 0.845. The Hall–Kier alpha value is -1.55. The largest absolute Gasteiger partial charge is 0.371 e. The molecule has 4 heteroatoms. The highest BCUT2D eigenvalue weighted by atomic mass is 16.1. The molecule has 1 atom stereocenters. The first-order chi connectivity index (χ1) is 10.2. The number of carbonyl (C=O) groups is 1. The second-order valence-corrected chi connectivity index (χ2v) is 5.74. The number of nitrogens with zero attached hydrogens (tertiary/aromatic N) is 1. The maximum absolute atomic E-state index is 11.3. The van der Waals surface area contributed by atoms with Crippen LogP contribution in [0.4, 0.5) is 5.69 Å². The van der Waals surface area contributed by atoms with E-state index in [1.165, 1.54) is 11.3 Å². The number of anilines is 1. The molecule has 21 heavy (non-hydrogen) atoms. The Morgan fingerprint density at radius 1 is 1.33 bits per heavy atom. The summed E-state index contributed by atoms with van der Waals surface area (Å²) in [4.78, 5) is 13.7. The minimum atomic E-state index is -0.151. The van der Waals surface area contributed by atoms with E-state index >= 15 is 0 Å². The van der Waals surface area contributed by atoms with Gasteiger partial charge in [-0.1, -0.05) is 32.0 Å². The van der Waals surface area contributed by atoms with Gasteiger partial charge in [0.1, 0.15) is 0 Å². The van der Waals surface area contributed by atoms with E-state index in [2.05, 4.69) is 48.3 Å². The summed E-state index contributed by atoms with van der Waals surface area (Å²) >= 11 is 0. The molecule has 1 heterocycles. The van der Waals surface area contributed by atoms with Crippen LogP contribution in [0, 0.1) is 5.92 Å². The molecular weight excluding hydrogens is 262 g/mol. The van der Waals surface area contributed by atoms with Crippen molar-refractivity contribution in [2.75, 3.05) is 24.5 Å². The highest BCUT2D eigenvalue weighted by molar-refractivity contribution is 5.77. The number of amides is 1. The third-order valence-corrected chi connectivity index (χ3v) is 4.41. The number of hydrogen-bond acceptors (Lipinski definition) is 3. The lowest BCUT2D eigenvalue weighted by Crippen LogP contribution is -2.39. The Balaban J connectivity index is 2.15. The summed E-state index contributed by atoms with van der Waals surface area (Å²) in [5.74, 6) is -0.105. The molecule has 1 aromatic rings. The van der Waals surface area contributed by atoms with Gasteiger partial charge < -0.3 is 16.0 Å². The Morgan fingerprint density at radius 3 is 2.57 bits per heavy atom. The number of piperidine rings is 1. The van der Waals surface area contributed by atoms with Crippen LogP contribution in [-0.4, -0.2) is 25.5 Å². The Bertz CT molecular complexity index is 467. The van der Waals surface area contributed by atoms with Gasteiger partial charge >= 0.3 is 0 Å². The molecular formula is C17H27N3O. The highest BCUT2D eigenvalue weighted by Gasteiger charge is 2.25. The van der Waals surface area contributed by atoms with Gasteiger partial charge in [-0.3, -0.25) is 4.79 Å². The van der Waals surface area contributed by atoms with Crippen molar-refractivity contribution in [1.82, 2.24) is 5.32 Å². The van der Waals surface area contributed by atoms with Crippen LogP contribution < -0.4 is 16.0 Å². The van der Waals surface area contributed by atoms with Crippen molar-refractivity contribution < 1.29 is 4.79 Å². The van der Waals surface area contributed by atoms with Gasteiger partial charge in [-0.25, -0.2) is 0 Å². The van der Waals surface area contributed by atoms with E-state index in [4.69, 9.17) is 5.73 Å². The highest BCUT2D eigenvalue weighted by Crippen LogP contribution is 2.31. The molecule has 0 aromatic heterocycles. The fourth-order valence-corrected chi connectivity index (χ4v) is 3.20. The monoisotopic (exact) mass is 289 g/mol. The van der Waals surface area contributed by atoms with E-state index in [-0.39, 0.29) is 11.8 Å². The number of carbonyl (C=O) groups excluding carboxylic acids is 1. The first kappa shape index (κ1) is 15.8. The molecule has 0 radical (unpaired) electrons. The summed E-state index contributed by atoms with van der Waals surface area (Å²) in [7, 11) is 0. The summed E-state index contributed by atoms with van der Waals surface area (Å²) in [6, 6.07) is 9.00. The van der Waals surface area contributed by atoms with Crippen molar-refractivity contribution in [2.45, 2.75) is 39.2 Å². The zero-order valence-corrected chi connectivity index (χ0v) is 13.1. The lowest BCUT2D eigenvalue weighted by Gasteiger charge is -2.35. The molecule has 0 saturated carbocycles. The van der Waals surface area contributed by atoms with Crippen molar-refractivity contribution in [2.24, 2.45) is 11.7 Å². The van der Waals surface area contributed by atoms with E-state index in [0.717, 1.165) is 38.9 Å². The van der Waals surface area contributed by atoms with Crippen molar-refractivity contribution in [3.63, 3.8) is 0 Å². The van der Waals surface area contributed by atoms with Crippen LogP contribution in [0.5, 0.6) is 0 Å². The number of para-hydroxylation sites is 1. The number of benzene rings is 1. The summed E-state index contributed by atoms with van der Waals surface area (Å²) in [5.41, 5.74) is 8.08. The van der Waals surface area contributed by atoms with Crippen LogP contribution in [0.25, 0.3) is 0 Å². The normalized spacial score (nSPS) is 17.7. The summed E-state index contributed by atoms with van der Waals surface area (Å²) in [6.07, 6.45) is 2.80. The van der Waals surface area contributed by atoms with E-state index in [0.29, 0.717) is 6.04 Å². The molecule has 1 saturated heterocycles. The number of primary amides is 1. The molecule has 0 spiro atoms. The number of nitrogens with two attached hydrogens (primary N) is 1. The minimum absolute atomic E-state index is 0.0455. The SMILES string of the molecule is CCNC(CC)c1ccccc1N1CCC(C(N)=O)CC1. The predicted octanol–water partition coefficient (Wildman–Crippen LogP) is 2.45. The standard InChI is InChI=1S/C17H27N3O/c1-3-15(19-4-2)14-7-5-6-8-16(14)20-11-9-13(10-12-20)17(18)21/h5-8,13,15,19H,3-4,9-12H2,1-2H3,(H2,18,21). The average Bonchev–Trinajstić information content (AvgIpc) is 2.53. The van der Waals surface area contributed by atoms with Crippen molar-refractivity contribution in [3.8, 4) is 0 Å². The number of hydrogen-bond donors (Lipinski definition) is 2. The summed E-state index contributed by atoms with van der Waals surface area (Å²) < 4.78 is 0. The van der Waals surface area contributed by atoms with Gasteiger partial charge in [0.05, 0.1) is 0 Å². The van der Waals surface area contributed by atoms with E-state index < -0.39 is 0 Å². The maximum atomic E-state index is 11.3. The lowest BCUT2D eigenvalue weighted by molar-refractivity contribution is -0.122. The molecule has 1 fully saturated rings. The first-order valence-corrected chi connectivity index (χ1v) is 8.03. The molecule has 0 bridgehead atoms. The molecule has 1 aromatic carbocycles. The zero-order chi connectivity index (χ0) is 15.2. The van der Waals surface area contributed by atoms with Crippen molar-refractivity contribution in [1.29, 1.82) is 0 Å². The molecule has 3 N–H and O–H groups in total. The van der Waals surface area contributed by atoms with E-state index in [9.17, 15) is 4.79 Å². The second kappa shape index (κ2) is 7.46. The van der Waals surface area contributed by atoms with Gasteiger partial charge in [0.15, 0.2) is 0 Å². The third-order valence-electron chi connectivity index (χ3n) is 4.41. The van der Waals surface area contributed by atoms with Gasteiger partial charge in [-0.2, -0.15) is 0 Å². The van der Waals surface area contributed by atoms with Gasteiger partial charge in [-0.05, 0) is 37.4 Å². The van der Waals surface area contributed by atoms with Crippen molar-refractivity contribution >= 4 is 11.6 Å². The smallest absolute Gasteiger partial charge is 0.220 e. The Morgan fingerprint density at radius 2 is 2.00 bits per heavy atom. The molecule has 2 rings (SSSR count). The topological polar surface area (TPSA) is 58.4 Å². The van der Waals surface area contributed by atoms with E-state index in [1.54, 1.807) is 0 Å². The maximum Gasteiger partial charge on any atom is 0.220 e. The van der Waals surface area contributed by atoms with Crippen LogP contribution in [0.1, 0.15) is 44.7 Å². The van der Waals surface area contributed by atoms with Crippen LogP contribution in [-0.2, 0) is 4.79 Å². The summed E-state index contributed by atoms with van der Waals surface area (Å²) in [5, 5.41) is 3.55. The molecule has 0 aliphatic carbocycles. The molecule has 1 amide bonds. The Labute approximate surface area is 127 Å².